The van der Waals surface area contributed by atoms with E-state index in [1.807, 2.05) is 0 Å². The van der Waals surface area contributed by atoms with Crippen LogP contribution in [0.15, 0.2) is 0 Å². The Kier molecular flexibility index (Phi) is 19.4. The number of hydrogen-bond donors (Lipinski definition) is 2. The Morgan fingerprint density at radius 1 is 0.667 bits per heavy atom. The molecule has 0 saturated heterocycles. The summed E-state index contributed by atoms with van der Waals surface area (Å²) in [7, 11) is -4.44. The van der Waals surface area contributed by atoms with E-state index >= 15 is 0 Å². The third kappa shape index (κ3) is 24.0. The molecule has 6 heteroatoms. The maximum Gasteiger partial charge on any atom is 0.471 e. The molecule has 27 heavy (non-hydrogen) atoms. The lowest BCUT2D eigenvalue weighted by Crippen LogP contribution is -2.12. The van der Waals surface area contributed by atoms with Gasteiger partial charge in [-0.2, -0.15) is 0 Å². The van der Waals surface area contributed by atoms with Crippen molar-refractivity contribution in [1.29, 1.82) is 0 Å². The predicted molar refractivity (Wildman–Crippen MR) is 113 cm³/mol. The van der Waals surface area contributed by atoms with Gasteiger partial charge in [0.05, 0.1) is 0 Å². The van der Waals surface area contributed by atoms with Crippen LogP contribution in [0.3, 0.4) is 0 Å². The van der Waals surface area contributed by atoms with Crippen molar-refractivity contribution in [3.8, 4) is 0 Å². The Bertz CT molecular complexity index is 345. The summed E-state index contributed by atoms with van der Waals surface area (Å²) in [5, 5.41) is 0. The SMILES string of the molecule is CCCCCCCCCCCCCCCCCCCOC(C)OP(=O)(O)O. The summed E-state index contributed by atoms with van der Waals surface area (Å²) in [5.41, 5.74) is 0. The van der Waals surface area contributed by atoms with Crippen molar-refractivity contribution in [1.82, 2.24) is 0 Å². The molecule has 0 aromatic carbocycles. The zero-order valence-corrected chi connectivity index (χ0v) is 18.8. The average Bonchev–Trinajstić information content (AvgIpc) is 2.59. The van der Waals surface area contributed by atoms with E-state index in [-0.39, 0.29) is 0 Å². The molecule has 0 heterocycles. The molecule has 1 atom stereocenters. The fraction of sp³-hybridized carbons (Fsp3) is 1.00. The van der Waals surface area contributed by atoms with E-state index in [1.54, 1.807) is 0 Å². The lowest BCUT2D eigenvalue weighted by atomic mass is 10.0. The summed E-state index contributed by atoms with van der Waals surface area (Å²) in [6.45, 7) is 4.26. The molecule has 164 valence electrons. The van der Waals surface area contributed by atoms with E-state index in [1.165, 1.54) is 103 Å². The van der Waals surface area contributed by atoms with Crippen molar-refractivity contribution >= 4 is 7.82 Å². The van der Waals surface area contributed by atoms with Crippen molar-refractivity contribution in [2.45, 2.75) is 129 Å². The smallest absolute Gasteiger partial charge is 0.352 e. The molecule has 0 bridgehead atoms. The van der Waals surface area contributed by atoms with Crippen molar-refractivity contribution in [3.05, 3.63) is 0 Å². The van der Waals surface area contributed by atoms with Gasteiger partial charge in [-0.15, -0.1) is 0 Å². The first-order valence-electron chi connectivity index (χ1n) is 11.3. The first-order chi connectivity index (χ1) is 13.0. The van der Waals surface area contributed by atoms with Crippen molar-refractivity contribution < 1.29 is 23.6 Å². The van der Waals surface area contributed by atoms with Gasteiger partial charge in [0.1, 0.15) is 0 Å². The minimum atomic E-state index is -4.44. The molecule has 0 radical (unpaired) electrons. The summed E-state index contributed by atoms with van der Waals surface area (Å²) < 4.78 is 20.3. The van der Waals surface area contributed by atoms with Gasteiger partial charge in [0, 0.05) is 6.61 Å². The Balaban J connectivity index is 3.12. The van der Waals surface area contributed by atoms with Crippen LogP contribution in [-0.4, -0.2) is 22.7 Å². The van der Waals surface area contributed by atoms with E-state index in [0.717, 1.165) is 12.8 Å². The van der Waals surface area contributed by atoms with Crippen molar-refractivity contribution in [2.75, 3.05) is 6.61 Å². The molecule has 0 saturated carbocycles. The van der Waals surface area contributed by atoms with Crippen LogP contribution < -0.4 is 0 Å². The Morgan fingerprint density at radius 3 is 1.33 bits per heavy atom. The maximum atomic E-state index is 10.6. The van der Waals surface area contributed by atoms with E-state index in [0.29, 0.717) is 6.61 Å². The van der Waals surface area contributed by atoms with Crippen LogP contribution in [-0.2, 0) is 13.8 Å². The Morgan fingerprint density at radius 2 is 1.00 bits per heavy atom. The van der Waals surface area contributed by atoms with Crippen molar-refractivity contribution in [3.63, 3.8) is 0 Å². The zero-order valence-electron chi connectivity index (χ0n) is 17.9. The first-order valence-corrected chi connectivity index (χ1v) is 12.8. The number of rotatable bonds is 21. The monoisotopic (exact) mass is 408 g/mol. The van der Waals surface area contributed by atoms with Gasteiger partial charge >= 0.3 is 7.82 Å². The largest absolute Gasteiger partial charge is 0.471 e. The number of phosphoric acid groups is 1. The normalized spacial score (nSPS) is 13.2. The molecule has 0 amide bonds. The first kappa shape index (κ1) is 27.1. The Labute approximate surface area is 167 Å². The molecule has 5 nitrogen and oxygen atoms in total. The van der Waals surface area contributed by atoms with Gasteiger partial charge in [0.15, 0.2) is 6.29 Å². The summed E-state index contributed by atoms with van der Waals surface area (Å²) >= 11 is 0. The quantitative estimate of drug-likeness (QED) is 0.120. The van der Waals surface area contributed by atoms with Gasteiger partial charge in [0.25, 0.3) is 0 Å². The molecule has 0 spiro atoms. The fourth-order valence-corrected chi connectivity index (χ4v) is 3.75. The molecular formula is C21H45O5P. The average molecular weight is 409 g/mol. The second kappa shape index (κ2) is 19.4. The minimum Gasteiger partial charge on any atom is -0.352 e. The molecule has 1 unspecified atom stereocenters. The van der Waals surface area contributed by atoms with Gasteiger partial charge in [-0.3, -0.25) is 4.52 Å². The second-order valence-corrected chi connectivity index (χ2v) is 8.88. The predicted octanol–water partition coefficient (Wildman–Crippen LogP) is 7.11. The topological polar surface area (TPSA) is 76.0 Å². The summed E-state index contributed by atoms with van der Waals surface area (Å²) in [6, 6.07) is 0. The molecule has 2 N–H and O–H groups in total. The minimum absolute atomic E-state index is 0.486. The molecule has 0 aromatic heterocycles. The maximum absolute atomic E-state index is 10.6. The number of phosphoric ester groups is 1. The molecule has 0 aliphatic heterocycles. The standard InChI is InChI=1S/C21H45O5P/c1-3-4-5-6-7-8-9-10-11-12-13-14-15-16-17-18-19-20-25-21(2)26-27(22,23)24/h21H,3-20H2,1-2H3,(H2,22,23,24). The molecule has 0 aliphatic rings. The summed E-state index contributed by atoms with van der Waals surface area (Å²) in [6.07, 6.45) is 21.8. The van der Waals surface area contributed by atoms with Gasteiger partial charge < -0.3 is 14.5 Å². The highest BCUT2D eigenvalue weighted by Gasteiger charge is 2.18. The van der Waals surface area contributed by atoms with Crippen LogP contribution in [0.2, 0.25) is 0 Å². The highest BCUT2D eigenvalue weighted by atomic mass is 31.2. The van der Waals surface area contributed by atoms with Gasteiger partial charge in [-0.25, -0.2) is 4.57 Å². The highest BCUT2D eigenvalue weighted by molar-refractivity contribution is 7.46. The third-order valence-corrected chi connectivity index (χ3v) is 5.46. The van der Waals surface area contributed by atoms with Crippen LogP contribution in [0.1, 0.15) is 123 Å². The molecule has 0 rings (SSSR count). The lowest BCUT2D eigenvalue weighted by molar-refractivity contribution is -0.0802. The van der Waals surface area contributed by atoms with Crippen LogP contribution in [0, 0.1) is 0 Å². The molecule has 0 fully saturated rings. The zero-order chi connectivity index (χ0) is 20.2. The number of unbranched alkanes of at least 4 members (excludes halogenated alkanes) is 16. The summed E-state index contributed by atoms with van der Waals surface area (Å²) in [4.78, 5) is 17.3. The Hall–Kier alpha value is 0.0700. The molecule has 0 aromatic rings. The highest BCUT2D eigenvalue weighted by Crippen LogP contribution is 2.37. The van der Waals surface area contributed by atoms with Gasteiger partial charge in [0.2, 0.25) is 0 Å². The number of hydrogen-bond acceptors (Lipinski definition) is 3. The van der Waals surface area contributed by atoms with E-state index < -0.39 is 14.1 Å². The van der Waals surface area contributed by atoms with Crippen LogP contribution >= 0.6 is 7.82 Å². The molecule has 0 aliphatic carbocycles. The van der Waals surface area contributed by atoms with Crippen molar-refractivity contribution in [2.24, 2.45) is 0 Å². The fourth-order valence-electron chi connectivity index (χ4n) is 3.30. The summed E-state index contributed by atoms with van der Waals surface area (Å²) in [5.74, 6) is 0. The van der Waals surface area contributed by atoms with Gasteiger partial charge in [-0.05, 0) is 13.3 Å². The van der Waals surface area contributed by atoms with Crippen LogP contribution in [0.25, 0.3) is 0 Å². The number of ether oxygens (including phenoxy) is 1. The van der Waals surface area contributed by atoms with E-state index in [2.05, 4.69) is 11.4 Å². The van der Waals surface area contributed by atoms with E-state index in [9.17, 15) is 4.57 Å². The second-order valence-electron chi connectivity index (χ2n) is 7.69. The van der Waals surface area contributed by atoms with Crippen LogP contribution in [0.5, 0.6) is 0 Å². The third-order valence-electron chi connectivity index (χ3n) is 4.89. The lowest BCUT2D eigenvalue weighted by Gasteiger charge is -2.14. The van der Waals surface area contributed by atoms with Gasteiger partial charge in [-0.1, -0.05) is 110 Å². The van der Waals surface area contributed by atoms with E-state index in [4.69, 9.17) is 14.5 Å². The van der Waals surface area contributed by atoms with Crippen LogP contribution in [0.4, 0.5) is 0 Å². The molecular weight excluding hydrogens is 363 g/mol.